The van der Waals surface area contributed by atoms with E-state index in [4.69, 9.17) is 12.2 Å². The first kappa shape index (κ1) is 22.0. The van der Waals surface area contributed by atoms with Crippen LogP contribution in [0.4, 0.5) is 22.7 Å². The Morgan fingerprint density at radius 1 is 0.939 bits per heavy atom. The van der Waals surface area contributed by atoms with Gasteiger partial charge < -0.3 is 16.0 Å². The molecule has 0 radical (unpaired) electrons. The fraction of sp³-hybridized carbons (Fsp3) is 0.130. The second kappa shape index (κ2) is 9.13. The van der Waals surface area contributed by atoms with Crippen LogP contribution in [0.3, 0.4) is 0 Å². The molecule has 1 aliphatic rings. The van der Waals surface area contributed by atoms with E-state index in [1.807, 2.05) is 12.1 Å². The van der Waals surface area contributed by atoms with Crippen molar-refractivity contribution in [1.82, 2.24) is 10.9 Å². The minimum Gasteiger partial charge on any atom is -0.360 e. The second-order valence-electron chi connectivity index (χ2n) is 7.66. The quantitative estimate of drug-likeness (QED) is 0.220. The lowest BCUT2D eigenvalue weighted by molar-refractivity contribution is -0.384. The molecule has 10 heteroatoms. The molecule has 5 N–H and O–H groups in total. The van der Waals surface area contributed by atoms with E-state index in [0.29, 0.717) is 11.3 Å². The van der Waals surface area contributed by atoms with Gasteiger partial charge in [-0.15, -0.1) is 0 Å². The number of non-ortho nitro benzene ring substituents is 1. The SMILES string of the molecule is Cc1cc2c(cc1C)NC(c1ccc(C(=O)NNC(=S)Nc3ccc([N+](=O)[O-])cc3)cc1)N2. The first-order chi connectivity index (χ1) is 15.8. The Bertz CT molecular complexity index is 1200. The Hall–Kier alpha value is -4.18. The van der Waals surface area contributed by atoms with Crippen LogP contribution in [-0.4, -0.2) is 15.9 Å². The summed E-state index contributed by atoms with van der Waals surface area (Å²) in [5, 5.41) is 20.6. The van der Waals surface area contributed by atoms with Crippen molar-refractivity contribution in [3.8, 4) is 0 Å². The number of hydrogen-bond acceptors (Lipinski definition) is 6. The maximum absolute atomic E-state index is 12.4. The monoisotopic (exact) mass is 462 g/mol. The van der Waals surface area contributed by atoms with Gasteiger partial charge in [-0.3, -0.25) is 25.8 Å². The zero-order valence-corrected chi connectivity index (χ0v) is 18.7. The van der Waals surface area contributed by atoms with Crippen LogP contribution in [-0.2, 0) is 0 Å². The number of benzene rings is 3. The molecule has 9 nitrogen and oxygen atoms in total. The molecule has 33 heavy (non-hydrogen) atoms. The lowest BCUT2D eigenvalue weighted by Crippen LogP contribution is -2.43. The standard InChI is InChI=1S/C23H22N6O3S/c1-13-11-19-20(12-14(13)2)26-21(25-19)15-3-5-16(6-4-15)22(30)27-28-23(33)24-17-7-9-18(10-8-17)29(31)32/h3-12,21,25-26H,1-2H3,(H,27,30)(H2,24,28,33). The lowest BCUT2D eigenvalue weighted by Gasteiger charge is -2.14. The van der Waals surface area contributed by atoms with Crippen LogP contribution in [0.2, 0.25) is 0 Å². The number of amides is 1. The summed E-state index contributed by atoms with van der Waals surface area (Å²) in [6.07, 6.45) is -0.0742. The molecule has 0 aliphatic carbocycles. The smallest absolute Gasteiger partial charge is 0.269 e. The molecule has 0 bridgehead atoms. The van der Waals surface area contributed by atoms with Crippen LogP contribution >= 0.6 is 12.2 Å². The van der Waals surface area contributed by atoms with Crippen LogP contribution in [0.25, 0.3) is 0 Å². The van der Waals surface area contributed by atoms with E-state index in [2.05, 4.69) is 52.8 Å². The van der Waals surface area contributed by atoms with E-state index in [-0.39, 0.29) is 22.9 Å². The first-order valence-corrected chi connectivity index (χ1v) is 10.6. The zero-order chi connectivity index (χ0) is 23.5. The molecule has 0 spiro atoms. The molecule has 1 aliphatic heterocycles. The van der Waals surface area contributed by atoms with Crippen LogP contribution < -0.4 is 26.8 Å². The van der Waals surface area contributed by atoms with Crippen LogP contribution in [0.1, 0.15) is 33.2 Å². The number of carbonyl (C=O) groups excluding carboxylic acids is 1. The fourth-order valence-corrected chi connectivity index (χ4v) is 3.58. The molecule has 168 valence electrons. The Labute approximate surface area is 195 Å². The second-order valence-corrected chi connectivity index (χ2v) is 8.07. The highest BCUT2D eigenvalue weighted by Gasteiger charge is 2.22. The van der Waals surface area contributed by atoms with E-state index in [0.717, 1.165) is 16.9 Å². The number of aryl methyl sites for hydroxylation is 2. The number of nitro benzene ring substituents is 1. The summed E-state index contributed by atoms with van der Waals surface area (Å²) in [5.74, 6) is -0.351. The normalized spacial score (nSPS) is 12.2. The molecule has 4 rings (SSSR count). The minimum atomic E-state index is -0.481. The van der Waals surface area contributed by atoms with Crippen molar-refractivity contribution < 1.29 is 9.72 Å². The number of rotatable bonds is 4. The van der Waals surface area contributed by atoms with Gasteiger partial charge in [-0.2, -0.15) is 0 Å². The number of nitro groups is 1. The molecule has 0 saturated carbocycles. The van der Waals surface area contributed by atoms with Crippen molar-refractivity contribution >= 4 is 46.0 Å². The molecule has 0 fully saturated rings. The van der Waals surface area contributed by atoms with E-state index in [1.54, 1.807) is 12.1 Å². The van der Waals surface area contributed by atoms with Crippen molar-refractivity contribution in [1.29, 1.82) is 0 Å². The van der Waals surface area contributed by atoms with Crippen molar-refractivity contribution in [2.75, 3.05) is 16.0 Å². The highest BCUT2D eigenvalue weighted by atomic mass is 32.1. The van der Waals surface area contributed by atoms with Gasteiger partial charge >= 0.3 is 0 Å². The third kappa shape index (κ3) is 5.01. The number of nitrogens with one attached hydrogen (secondary N) is 5. The topological polar surface area (TPSA) is 120 Å². The largest absolute Gasteiger partial charge is 0.360 e. The number of hydrogen-bond donors (Lipinski definition) is 5. The number of anilines is 3. The van der Waals surface area contributed by atoms with Gasteiger partial charge in [0.05, 0.1) is 16.3 Å². The summed E-state index contributed by atoms with van der Waals surface area (Å²) in [6, 6.07) is 17.3. The van der Waals surface area contributed by atoms with Gasteiger partial charge in [0, 0.05) is 23.4 Å². The Morgan fingerprint density at radius 3 is 2.06 bits per heavy atom. The van der Waals surface area contributed by atoms with Crippen molar-refractivity contribution in [3.63, 3.8) is 0 Å². The van der Waals surface area contributed by atoms with Gasteiger partial charge in [-0.25, -0.2) is 0 Å². The van der Waals surface area contributed by atoms with Gasteiger partial charge in [0.15, 0.2) is 5.11 Å². The van der Waals surface area contributed by atoms with Crippen LogP contribution in [0.15, 0.2) is 60.7 Å². The summed E-state index contributed by atoms with van der Waals surface area (Å²) < 4.78 is 0. The third-order valence-corrected chi connectivity index (χ3v) is 5.57. The summed E-state index contributed by atoms with van der Waals surface area (Å²) in [5.41, 5.74) is 11.7. The Balaban J connectivity index is 1.30. The average molecular weight is 463 g/mol. The molecule has 0 atom stereocenters. The molecule has 1 amide bonds. The number of nitrogens with zero attached hydrogens (tertiary/aromatic N) is 1. The fourth-order valence-electron chi connectivity index (χ4n) is 3.41. The Kier molecular flexibility index (Phi) is 6.09. The molecular formula is C23H22N6O3S. The zero-order valence-electron chi connectivity index (χ0n) is 17.9. The highest BCUT2D eigenvalue weighted by molar-refractivity contribution is 7.80. The molecule has 3 aromatic rings. The van der Waals surface area contributed by atoms with E-state index >= 15 is 0 Å². The highest BCUT2D eigenvalue weighted by Crippen LogP contribution is 2.37. The predicted octanol–water partition coefficient (Wildman–Crippen LogP) is 4.38. The van der Waals surface area contributed by atoms with Crippen LogP contribution in [0.5, 0.6) is 0 Å². The number of fused-ring (bicyclic) bond motifs is 1. The maximum Gasteiger partial charge on any atom is 0.269 e. The van der Waals surface area contributed by atoms with Gasteiger partial charge in [0.2, 0.25) is 0 Å². The molecular weight excluding hydrogens is 440 g/mol. The number of hydrazine groups is 1. The molecule has 0 saturated heterocycles. The lowest BCUT2D eigenvalue weighted by atomic mass is 10.1. The van der Waals surface area contributed by atoms with Crippen molar-refractivity contribution in [2.45, 2.75) is 20.0 Å². The summed E-state index contributed by atoms with van der Waals surface area (Å²) in [7, 11) is 0. The summed E-state index contributed by atoms with van der Waals surface area (Å²) >= 11 is 5.15. The maximum atomic E-state index is 12.4. The third-order valence-electron chi connectivity index (χ3n) is 5.37. The average Bonchev–Trinajstić information content (AvgIpc) is 3.21. The van der Waals surface area contributed by atoms with Gasteiger partial charge in [-0.1, -0.05) is 12.1 Å². The van der Waals surface area contributed by atoms with E-state index in [1.165, 1.54) is 35.4 Å². The number of thiocarbonyl (C=S) groups is 1. The molecule has 0 unspecified atom stereocenters. The Morgan fingerprint density at radius 2 is 1.52 bits per heavy atom. The van der Waals surface area contributed by atoms with Gasteiger partial charge in [0.25, 0.3) is 11.6 Å². The van der Waals surface area contributed by atoms with Crippen molar-refractivity contribution in [2.24, 2.45) is 0 Å². The number of carbonyl (C=O) groups is 1. The molecule has 1 heterocycles. The van der Waals surface area contributed by atoms with E-state index < -0.39 is 4.92 Å². The minimum absolute atomic E-state index is 0.0201. The molecule has 3 aromatic carbocycles. The van der Waals surface area contributed by atoms with Gasteiger partial charge in [0.1, 0.15) is 6.17 Å². The van der Waals surface area contributed by atoms with Crippen molar-refractivity contribution in [3.05, 3.63) is 93.0 Å². The summed E-state index contributed by atoms with van der Waals surface area (Å²) in [6.45, 7) is 4.17. The predicted molar refractivity (Wildman–Crippen MR) is 132 cm³/mol. The van der Waals surface area contributed by atoms with Crippen LogP contribution in [0, 0.1) is 24.0 Å². The summed E-state index contributed by atoms with van der Waals surface area (Å²) in [4.78, 5) is 22.7. The molecule has 0 aromatic heterocycles. The first-order valence-electron chi connectivity index (χ1n) is 10.2. The van der Waals surface area contributed by atoms with E-state index in [9.17, 15) is 14.9 Å². The van der Waals surface area contributed by atoms with Gasteiger partial charge in [-0.05, 0) is 79.2 Å².